The number of benzene rings is 1. The van der Waals surface area contributed by atoms with Crippen LogP contribution in [0.4, 0.5) is 11.4 Å². The smallest absolute Gasteiger partial charge is 0.223 e. The van der Waals surface area contributed by atoms with Crippen LogP contribution in [0.3, 0.4) is 0 Å². The summed E-state index contributed by atoms with van der Waals surface area (Å²) in [5, 5.41) is 2.65. The largest absolute Gasteiger partial charge is 0.326 e. The standard InChI is InChI=1S/C15H23N3O4S/c1-4-10-23(21,22)16-8-9-18(13(3)20)15-7-5-6-14(11-15)17-12(2)19/h5-7,11,16H,4,8-10H2,1-3H3,(H,17,19). The Labute approximate surface area is 137 Å². The Morgan fingerprint density at radius 3 is 2.48 bits per heavy atom. The molecule has 128 valence electrons. The van der Waals surface area contributed by atoms with Crippen LogP contribution in [0.5, 0.6) is 0 Å². The van der Waals surface area contributed by atoms with Gasteiger partial charge in [-0.25, -0.2) is 13.1 Å². The molecule has 0 radical (unpaired) electrons. The first-order chi connectivity index (χ1) is 10.7. The molecule has 0 aromatic heterocycles. The maximum absolute atomic E-state index is 11.8. The van der Waals surface area contributed by atoms with Gasteiger partial charge < -0.3 is 10.2 Å². The number of hydrogen-bond acceptors (Lipinski definition) is 4. The molecule has 0 aliphatic rings. The number of carbonyl (C=O) groups is 2. The van der Waals surface area contributed by atoms with E-state index >= 15 is 0 Å². The molecule has 0 fully saturated rings. The van der Waals surface area contributed by atoms with Crippen LogP contribution in [0.15, 0.2) is 24.3 Å². The molecule has 0 heterocycles. The summed E-state index contributed by atoms with van der Waals surface area (Å²) >= 11 is 0. The molecule has 0 saturated carbocycles. The number of rotatable bonds is 8. The number of nitrogens with zero attached hydrogens (tertiary/aromatic N) is 1. The topological polar surface area (TPSA) is 95.6 Å². The van der Waals surface area contributed by atoms with Gasteiger partial charge in [-0.15, -0.1) is 0 Å². The lowest BCUT2D eigenvalue weighted by molar-refractivity contribution is -0.116. The van der Waals surface area contributed by atoms with Crippen molar-refractivity contribution in [1.29, 1.82) is 0 Å². The van der Waals surface area contributed by atoms with Crippen LogP contribution in [-0.4, -0.2) is 39.1 Å². The third-order valence-corrected chi connectivity index (χ3v) is 4.58. The van der Waals surface area contributed by atoms with E-state index in [4.69, 9.17) is 0 Å². The maximum Gasteiger partial charge on any atom is 0.223 e. The summed E-state index contributed by atoms with van der Waals surface area (Å²) in [6, 6.07) is 6.83. The second-order valence-electron chi connectivity index (χ2n) is 5.12. The minimum absolute atomic E-state index is 0.0606. The Hall–Kier alpha value is -1.93. The number of amides is 2. The van der Waals surface area contributed by atoms with Gasteiger partial charge in [0.05, 0.1) is 5.75 Å². The van der Waals surface area contributed by atoms with Crippen LogP contribution in [0, 0.1) is 0 Å². The number of nitrogens with one attached hydrogen (secondary N) is 2. The van der Waals surface area contributed by atoms with Crippen molar-refractivity contribution in [2.75, 3.05) is 29.1 Å². The summed E-state index contributed by atoms with van der Waals surface area (Å²) in [7, 11) is -3.30. The molecule has 0 unspecified atom stereocenters. The summed E-state index contributed by atoms with van der Waals surface area (Å²) in [5.74, 6) is -0.353. The molecule has 0 aliphatic heterocycles. The predicted octanol–water partition coefficient (Wildman–Crippen LogP) is 1.33. The second-order valence-corrected chi connectivity index (χ2v) is 7.04. The molecule has 1 rings (SSSR count). The van der Waals surface area contributed by atoms with Crippen LogP contribution >= 0.6 is 0 Å². The van der Waals surface area contributed by atoms with E-state index in [0.717, 1.165) is 0 Å². The average Bonchev–Trinajstić information content (AvgIpc) is 2.42. The van der Waals surface area contributed by atoms with Gasteiger partial charge in [0, 0.05) is 38.3 Å². The first-order valence-electron chi connectivity index (χ1n) is 7.38. The van der Waals surface area contributed by atoms with Gasteiger partial charge in [-0.2, -0.15) is 0 Å². The third-order valence-electron chi connectivity index (χ3n) is 2.99. The Morgan fingerprint density at radius 1 is 1.22 bits per heavy atom. The molecule has 0 atom stereocenters. The highest BCUT2D eigenvalue weighted by Crippen LogP contribution is 2.19. The summed E-state index contributed by atoms with van der Waals surface area (Å²) in [6.45, 7) is 4.94. The maximum atomic E-state index is 11.8. The summed E-state index contributed by atoms with van der Waals surface area (Å²) in [5.41, 5.74) is 1.17. The van der Waals surface area contributed by atoms with Crippen molar-refractivity contribution >= 4 is 33.2 Å². The number of hydrogen-bond donors (Lipinski definition) is 2. The molecule has 0 bridgehead atoms. The summed E-state index contributed by atoms with van der Waals surface area (Å²) in [4.78, 5) is 24.4. The fourth-order valence-corrected chi connectivity index (χ4v) is 3.16. The first-order valence-corrected chi connectivity index (χ1v) is 9.03. The van der Waals surface area contributed by atoms with E-state index in [2.05, 4.69) is 10.0 Å². The zero-order chi connectivity index (χ0) is 17.5. The van der Waals surface area contributed by atoms with Gasteiger partial charge in [0.2, 0.25) is 21.8 Å². The third kappa shape index (κ3) is 6.79. The zero-order valence-corrected chi connectivity index (χ0v) is 14.4. The van der Waals surface area contributed by atoms with E-state index in [9.17, 15) is 18.0 Å². The molecule has 0 saturated heterocycles. The van der Waals surface area contributed by atoms with E-state index in [1.165, 1.54) is 18.7 Å². The Bertz CT molecular complexity index is 658. The highest BCUT2D eigenvalue weighted by Gasteiger charge is 2.14. The lowest BCUT2D eigenvalue weighted by Crippen LogP contribution is -2.38. The molecule has 0 spiro atoms. The predicted molar refractivity (Wildman–Crippen MR) is 90.9 cm³/mol. The van der Waals surface area contributed by atoms with Gasteiger partial charge >= 0.3 is 0 Å². The lowest BCUT2D eigenvalue weighted by Gasteiger charge is -2.22. The SMILES string of the molecule is CCCS(=O)(=O)NCCN(C(C)=O)c1cccc(NC(C)=O)c1. The van der Waals surface area contributed by atoms with E-state index in [1.54, 1.807) is 31.2 Å². The van der Waals surface area contributed by atoms with Gasteiger partial charge in [0.15, 0.2) is 0 Å². The fourth-order valence-electron chi connectivity index (χ4n) is 2.08. The summed E-state index contributed by atoms with van der Waals surface area (Å²) < 4.78 is 25.7. The fraction of sp³-hybridized carbons (Fsp3) is 0.467. The molecule has 0 aliphatic carbocycles. The van der Waals surface area contributed by atoms with Crippen LogP contribution < -0.4 is 14.9 Å². The van der Waals surface area contributed by atoms with Crippen LogP contribution in [0.25, 0.3) is 0 Å². The highest BCUT2D eigenvalue weighted by molar-refractivity contribution is 7.89. The van der Waals surface area contributed by atoms with Crippen molar-refractivity contribution in [3.8, 4) is 0 Å². The van der Waals surface area contributed by atoms with Crippen LogP contribution in [-0.2, 0) is 19.6 Å². The molecule has 2 amide bonds. The van der Waals surface area contributed by atoms with Gasteiger partial charge in [-0.3, -0.25) is 9.59 Å². The minimum atomic E-state index is -3.30. The zero-order valence-electron chi connectivity index (χ0n) is 13.6. The first kappa shape index (κ1) is 19.1. The Morgan fingerprint density at radius 2 is 1.91 bits per heavy atom. The normalized spacial score (nSPS) is 11.1. The Kier molecular flexibility index (Phi) is 7.18. The second kappa shape index (κ2) is 8.64. The van der Waals surface area contributed by atoms with E-state index < -0.39 is 10.0 Å². The molecule has 7 nitrogen and oxygen atoms in total. The molecular weight excluding hydrogens is 318 g/mol. The molecular formula is C15H23N3O4S. The van der Waals surface area contributed by atoms with Crippen molar-refractivity contribution in [2.24, 2.45) is 0 Å². The van der Waals surface area contributed by atoms with Crippen LogP contribution in [0.1, 0.15) is 27.2 Å². The monoisotopic (exact) mass is 341 g/mol. The van der Waals surface area contributed by atoms with Crippen LogP contribution in [0.2, 0.25) is 0 Å². The lowest BCUT2D eigenvalue weighted by atomic mass is 10.2. The van der Waals surface area contributed by atoms with E-state index in [1.807, 2.05) is 0 Å². The molecule has 1 aromatic rings. The van der Waals surface area contributed by atoms with Crippen molar-refractivity contribution in [1.82, 2.24) is 4.72 Å². The highest BCUT2D eigenvalue weighted by atomic mass is 32.2. The van der Waals surface area contributed by atoms with E-state index in [0.29, 0.717) is 17.8 Å². The molecule has 1 aromatic carbocycles. The average molecular weight is 341 g/mol. The van der Waals surface area contributed by atoms with E-state index in [-0.39, 0.29) is 30.7 Å². The van der Waals surface area contributed by atoms with Gasteiger partial charge in [0.1, 0.15) is 0 Å². The molecule has 23 heavy (non-hydrogen) atoms. The van der Waals surface area contributed by atoms with Crippen molar-refractivity contribution < 1.29 is 18.0 Å². The Balaban J connectivity index is 2.79. The van der Waals surface area contributed by atoms with Gasteiger partial charge in [-0.05, 0) is 24.6 Å². The van der Waals surface area contributed by atoms with Gasteiger partial charge in [-0.1, -0.05) is 13.0 Å². The summed E-state index contributed by atoms with van der Waals surface area (Å²) in [6.07, 6.45) is 0.532. The van der Waals surface area contributed by atoms with Gasteiger partial charge in [0.25, 0.3) is 0 Å². The quantitative estimate of drug-likeness (QED) is 0.745. The number of carbonyl (C=O) groups excluding carboxylic acids is 2. The number of anilines is 2. The minimum Gasteiger partial charge on any atom is -0.326 e. The molecule has 8 heteroatoms. The van der Waals surface area contributed by atoms with Crippen molar-refractivity contribution in [2.45, 2.75) is 27.2 Å². The number of sulfonamides is 1. The van der Waals surface area contributed by atoms with Crippen molar-refractivity contribution in [3.63, 3.8) is 0 Å². The van der Waals surface area contributed by atoms with Crippen molar-refractivity contribution in [3.05, 3.63) is 24.3 Å². The molecule has 2 N–H and O–H groups in total.